The van der Waals surface area contributed by atoms with E-state index in [2.05, 4.69) is 5.16 Å². The molecular weight excluding hydrogens is 205 g/mol. The van der Waals surface area contributed by atoms with Crippen molar-refractivity contribution in [3.8, 4) is 0 Å². The molecule has 0 fully saturated rings. The van der Waals surface area contributed by atoms with Crippen LogP contribution in [0, 0.1) is 12.7 Å². The largest absolute Gasteiger partial charge is 0.361 e. The van der Waals surface area contributed by atoms with Gasteiger partial charge in [0.25, 0.3) is 0 Å². The van der Waals surface area contributed by atoms with E-state index in [9.17, 15) is 4.39 Å². The van der Waals surface area contributed by atoms with Gasteiger partial charge in [-0.05, 0) is 31.0 Å². The molecule has 16 heavy (non-hydrogen) atoms. The molecule has 1 aromatic heterocycles. The summed E-state index contributed by atoms with van der Waals surface area (Å²) in [4.78, 5) is 0. The van der Waals surface area contributed by atoms with Crippen LogP contribution in [0.15, 0.2) is 28.8 Å². The molecule has 0 bridgehead atoms. The minimum absolute atomic E-state index is 0.207. The van der Waals surface area contributed by atoms with Gasteiger partial charge in [0.2, 0.25) is 0 Å². The zero-order chi connectivity index (χ0) is 11.5. The number of benzene rings is 1. The molecular formula is C13H14FNO. The first kappa shape index (κ1) is 10.9. The standard InChI is InChI=1S/C13H14FNO/c1-3-13-12(9(2)16-15-13)8-10-4-6-11(14)7-5-10/h4-7H,3,8H2,1-2H3. The minimum atomic E-state index is -0.207. The van der Waals surface area contributed by atoms with E-state index in [1.54, 1.807) is 12.1 Å². The molecule has 84 valence electrons. The Kier molecular flexibility index (Phi) is 3.04. The van der Waals surface area contributed by atoms with Gasteiger partial charge in [0, 0.05) is 12.0 Å². The van der Waals surface area contributed by atoms with Crippen molar-refractivity contribution in [1.29, 1.82) is 0 Å². The molecule has 0 aliphatic heterocycles. The van der Waals surface area contributed by atoms with Crippen LogP contribution in [0.1, 0.15) is 29.5 Å². The Bertz CT molecular complexity index is 473. The molecule has 3 heteroatoms. The Morgan fingerprint density at radius 3 is 2.56 bits per heavy atom. The molecule has 2 rings (SSSR count). The summed E-state index contributed by atoms with van der Waals surface area (Å²) < 4.78 is 17.9. The number of nitrogens with zero attached hydrogens (tertiary/aromatic N) is 1. The quantitative estimate of drug-likeness (QED) is 0.791. The average molecular weight is 219 g/mol. The first-order valence-electron chi connectivity index (χ1n) is 5.39. The van der Waals surface area contributed by atoms with Crippen molar-refractivity contribution in [3.05, 3.63) is 52.7 Å². The second-order valence-corrected chi connectivity index (χ2v) is 3.82. The van der Waals surface area contributed by atoms with Gasteiger partial charge < -0.3 is 4.52 Å². The number of hydrogen-bond donors (Lipinski definition) is 0. The van der Waals surface area contributed by atoms with Gasteiger partial charge >= 0.3 is 0 Å². The summed E-state index contributed by atoms with van der Waals surface area (Å²) in [7, 11) is 0. The molecule has 0 N–H and O–H groups in total. The van der Waals surface area contributed by atoms with Gasteiger partial charge in [-0.2, -0.15) is 0 Å². The summed E-state index contributed by atoms with van der Waals surface area (Å²) in [6.07, 6.45) is 1.60. The summed E-state index contributed by atoms with van der Waals surface area (Å²) in [5, 5.41) is 4.00. The fraction of sp³-hybridized carbons (Fsp3) is 0.308. The third kappa shape index (κ3) is 2.13. The van der Waals surface area contributed by atoms with Gasteiger partial charge in [0.1, 0.15) is 11.6 Å². The third-order valence-corrected chi connectivity index (χ3v) is 2.70. The topological polar surface area (TPSA) is 26.0 Å². The molecule has 0 radical (unpaired) electrons. The van der Waals surface area contributed by atoms with Gasteiger partial charge in [-0.15, -0.1) is 0 Å². The van der Waals surface area contributed by atoms with Crippen molar-refractivity contribution >= 4 is 0 Å². The average Bonchev–Trinajstić information content (AvgIpc) is 2.63. The second kappa shape index (κ2) is 4.47. The maximum Gasteiger partial charge on any atom is 0.137 e. The minimum Gasteiger partial charge on any atom is -0.361 e. The summed E-state index contributed by atoms with van der Waals surface area (Å²) in [6.45, 7) is 3.95. The molecule has 0 saturated carbocycles. The van der Waals surface area contributed by atoms with Gasteiger partial charge in [0.15, 0.2) is 0 Å². The van der Waals surface area contributed by atoms with Crippen LogP contribution in [0.5, 0.6) is 0 Å². The van der Waals surface area contributed by atoms with Crippen molar-refractivity contribution in [2.45, 2.75) is 26.7 Å². The van der Waals surface area contributed by atoms with Gasteiger partial charge in [-0.25, -0.2) is 4.39 Å². The van der Waals surface area contributed by atoms with Crippen LogP contribution in [0.25, 0.3) is 0 Å². The van der Waals surface area contributed by atoms with Crippen LogP contribution in [0.2, 0.25) is 0 Å². The summed E-state index contributed by atoms with van der Waals surface area (Å²) >= 11 is 0. The fourth-order valence-corrected chi connectivity index (χ4v) is 1.75. The van der Waals surface area contributed by atoms with Crippen LogP contribution < -0.4 is 0 Å². The monoisotopic (exact) mass is 219 g/mol. The van der Waals surface area contributed by atoms with Crippen molar-refractivity contribution in [1.82, 2.24) is 5.16 Å². The molecule has 2 nitrogen and oxygen atoms in total. The van der Waals surface area contributed by atoms with Crippen molar-refractivity contribution in [3.63, 3.8) is 0 Å². The lowest BCUT2D eigenvalue weighted by Gasteiger charge is -2.01. The Balaban J connectivity index is 2.26. The molecule has 0 spiro atoms. The SMILES string of the molecule is CCc1noc(C)c1Cc1ccc(F)cc1. The van der Waals surface area contributed by atoms with Crippen LogP contribution in [0.4, 0.5) is 4.39 Å². The Morgan fingerprint density at radius 1 is 1.25 bits per heavy atom. The highest BCUT2D eigenvalue weighted by atomic mass is 19.1. The van der Waals surface area contributed by atoms with E-state index in [1.807, 2.05) is 13.8 Å². The molecule has 2 aromatic rings. The maximum absolute atomic E-state index is 12.8. The Morgan fingerprint density at radius 2 is 1.94 bits per heavy atom. The third-order valence-electron chi connectivity index (χ3n) is 2.70. The van der Waals surface area contributed by atoms with Crippen molar-refractivity contribution < 1.29 is 8.91 Å². The summed E-state index contributed by atoms with van der Waals surface area (Å²) in [5.41, 5.74) is 3.18. The Hall–Kier alpha value is -1.64. The van der Waals surface area contributed by atoms with Crippen LogP contribution in [-0.4, -0.2) is 5.16 Å². The lowest BCUT2D eigenvalue weighted by Crippen LogP contribution is -1.94. The highest BCUT2D eigenvalue weighted by Gasteiger charge is 2.11. The number of aromatic nitrogens is 1. The molecule has 0 aliphatic carbocycles. The lowest BCUT2D eigenvalue weighted by molar-refractivity contribution is 0.390. The number of halogens is 1. The van der Waals surface area contributed by atoms with Crippen LogP contribution in [-0.2, 0) is 12.8 Å². The zero-order valence-corrected chi connectivity index (χ0v) is 9.46. The highest BCUT2D eigenvalue weighted by molar-refractivity contribution is 5.30. The van der Waals surface area contributed by atoms with Gasteiger partial charge in [-0.3, -0.25) is 0 Å². The first-order chi connectivity index (χ1) is 7.70. The van der Waals surface area contributed by atoms with E-state index in [1.165, 1.54) is 12.1 Å². The molecule has 1 heterocycles. The molecule has 0 aliphatic rings. The molecule has 0 unspecified atom stereocenters. The van der Waals surface area contributed by atoms with Crippen LogP contribution in [0.3, 0.4) is 0 Å². The number of rotatable bonds is 3. The van der Waals surface area contributed by atoms with Crippen molar-refractivity contribution in [2.75, 3.05) is 0 Å². The highest BCUT2D eigenvalue weighted by Crippen LogP contribution is 2.18. The number of hydrogen-bond acceptors (Lipinski definition) is 2. The predicted octanol–water partition coefficient (Wildman–Crippen LogP) is 3.28. The van der Waals surface area contributed by atoms with Gasteiger partial charge in [-0.1, -0.05) is 24.2 Å². The summed E-state index contributed by atoms with van der Waals surface area (Å²) in [6, 6.07) is 6.54. The predicted molar refractivity (Wildman–Crippen MR) is 59.8 cm³/mol. The lowest BCUT2D eigenvalue weighted by atomic mass is 10.0. The molecule has 1 aromatic carbocycles. The maximum atomic E-state index is 12.8. The molecule has 0 atom stereocenters. The Labute approximate surface area is 94.1 Å². The first-order valence-corrected chi connectivity index (χ1v) is 5.39. The van der Waals surface area contributed by atoms with Crippen molar-refractivity contribution in [2.24, 2.45) is 0 Å². The smallest absolute Gasteiger partial charge is 0.137 e. The van der Waals surface area contributed by atoms with Gasteiger partial charge in [0.05, 0.1) is 5.69 Å². The molecule has 0 amide bonds. The fourth-order valence-electron chi connectivity index (χ4n) is 1.75. The molecule has 0 saturated heterocycles. The second-order valence-electron chi connectivity index (χ2n) is 3.82. The van der Waals surface area contributed by atoms with Crippen LogP contribution >= 0.6 is 0 Å². The van der Waals surface area contributed by atoms with E-state index < -0.39 is 0 Å². The summed E-state index contributed by atoms with van der Waals surface area (Å²) in [5.74, 6) is 0.641. The van der Waals surface area contributed by atoms with E-state index in [0.29, 0.717) is 0 Å². The van der Waals surface area contributed by atoms with E-state index in [-0.39, 0.29) is 5.82 Å². The van der Waals surface area contributed by atoms with E-state index >= 15 is 0 Å². The number of aryl methyl sites for hydroxylation is 2. The van der Waals surface area contributed by atoms with E-state index in [4.69, 9.17) is 4.52 Å². The zero-order valence-electron chi connectivity index (χ0n) is 9.46. The van der Waals surface area contributed by atoms with E-state index in [0.717, 1.165) is 35.4 Å². The normalized spacial score (nSPS) is 10.7.